The average Bonchev–Trinajstić information content (AvgIpc) is 2.89. The van der Waals surface area contributed by atoms with Gasteiger partial charge in [-0.3, -0.25) is 0 Å². The number of hydrogen-bond acceptors (Lipinski definition) is 4. The van der Waals surface area contributed by atoms with Gasteiger partial charge >= 0.3 is 5.97 Å². The molecule has 0 amide bonds. The molecule has 2 atom stereocenters. The van der Waals surface area contributed by atoms with Crippen molar-refractivity contribution in [1.82, 2.24) is 4.90 Å². The van der Waals surface area contributed by atoms with Crippen molar-refractivity contribution >= 4 is 5.97 Å². The Bertz CT molecular complexity index is 829. The zero-order chi connectivity index (χ0) is 20.0. The fourth-order valence-electron chi connectivity index (χ4n) is 4.32. The Morgan fingerprint density at radius 1 is 1.00 bits per heavy atom. The Labute approximate surface area is 167 Å². The highest BCUT2D eigenvalue weighted by molar-refractivity contribution is 5.89. The molecule has 1 aliphatic rings. The lowest BCUT2D eigenvalue weighted by Gasteiger charge is -2.35. The smallest absolute Gasteiger partial charge is 0.338 e. The van der Waals surface area contributed by atoms with Gasteiger partial charge in [0.05, 0.1) is 17.0 Å². The van der Waals surface area contributed by atoms with Crippen LogP contribution in [0.1, 0.15) is 48.0 Å². The van der Waals surface area contributed by atoms with Crippen LogP contribution >= 0.6 is 0 Å². The van der Waals surface area contributed by atoms with Gasteiger partial charge in [-0.25, -0.2) is 4.79 Å². The maximum Gasteiger partial charge on any atom is 0.338 e. The minimum atomic E-state index is -0.580. The van der Waals surface area contributed by atoms with E-state index >= 15 is 0 Å². The summed E-state index contributed by atoms with van der Waals surface area (Å²) in [5, 5.41) is 10.1. The number of nitrogens with zero attached hydrogens (tertiary/aromatic N) is 2. The van der Waals surface area contributed by atoms with Crippen LogP contribution in [0, 0.1) is 11.3 Å². The van der Waals surface area contributed by atoms with Gasteiger partial charge in [-0.05, 0) is 63.9 Å². The van der Waals surface area contributed by atoms with E-state index in [2.05, 4.69) is 11.0 Å². The van der Waals surface area contributed by atoms with Crippen LogP contribution in [-0.4, -0.2) is 37.1 Å². The minimum Gasteiger partial charge on any atom is -0.454 e. The minimum absolute atomic E-state index is 0.286. The third kappa shape index (κ3) is 4.43. The molecule has 4 heteroatoms. The monoisotopic (exact) mass is 376 g/mol. The third-order valence-electron chi connectivity index (χ3n) is 5.71. The van der Waals surface area contributed by atoms with Gasteiger partial charge in [0.15, 0.2) is 0 Å². The first-order valence-corrected chi connectivity index (χ1v) is 9.89. The van der Waals surface area contributed by atoms with E-state index in [1.807, 2.05) is 62.6 Å². The second-order valence-corrected chi connectivity index (χ2v) is 8.09. The summed E-state index contributed by atoms with van der Waals surface area (Å²) in [6.07, 6.45) is 3.75. The lowest BCUT2D eigenvalue weighted by Crippen LogP contribution is -2.44. The third-order valence-corrected chi connectivity index (χ3v) is 5.71. The highest BCUT2D eigenvalue weighted by atomic mass is 16.6. The molecule has 2 aromatic carbocycles. The van der Waals surface area contributed by atoms with E-state index < -0.39 is 11.0 Å². The lowest BCUT2D eigenvalue weighted by molar-refractivity contribution is -0.0385. The van der Waals surface area contributed by atoms with Crippen LogP contribution in [0.3, 0.4) is 0 Å². The molecule has 0 saturated heterocycles. The van der Waals surface area contributed by atoms with Crippen molar-refractivity contribution in [3.8, 4) is 6.07 Å². The van der Waals surface area contributed by atoms with Gasteiger partial charge in [0.25, 0.3) is 0 Å². The molecule has 4 nitrogen and oxygen atoms in total. The zero-order valence-corrected chi connectivity index (χ0v) is 16.7. The fraction of sp³-hybridized carbons (Fsp3) is 0.417. The molecule has 2 aromatic rings. The standard InChI is InChI=1S/C24H28N2O2/c1-26(2)19-24(28-22(27)20-10-5-3-6-11-20)15-9-14-23(18-25,16-17-24)21-12-7-4-8-13-21/h3-8,10-13H,9,14-17,19H2,1-2H3/t23-,24-/m1/s1. The molecule has 0 bridgehead atoms. The van der Waals surface area contributed by atoms with Crippen molar-refractivity contribution in [2.24, 2.45) is 0 Å². The summed E-state index contributed by atoms with van der Waals surface area (Å²) in [4.78, 5) is 14.9. The van der Waals surface area contributed by atoms with Crippen molar-refractivity contribution < 1.29 is 9.53 Å². The molecule has 1 aliphatic carbocycles. The Balaban J connectivity index is 1.86. The number of ether oxygens (including phenoxy) is 1. The van der Waals surface area contributed by atoms with E-state index in [1.54, 1.807) is 12.1 Å². The van der Waals surface area contributed by atoms with E-state index in [0.29, 0.717) is 24.9 Å². The normalized spacial score (nSPS) is 24.9. The number of likely N-dealkylation sites (N-methyl/N-ethyl adjacent to an activating group) is 1. The quantitative estimate of drug-likeness (QED) is 0.567. The maximum atomic E-state index is 12.8. The summed E-state index contributed by atoms with van der Waals surface area (Å²) in [6.45, 7) is 0.655. The molecule has 0 aromatic heterocycles. The Morgan fingerprint density at radius 3 is 2.25 bits per heavy atom. The lowest BCUT2D eigenvalue weighted by atomic mass is 9.75. The molecular weight excluding hydrogens is 348 g/mol. The van der Waals surface area contributed by atoms with Gasteiger partial charge in [-0.2, -0.15) is 5.26 Å². The number of carbonyl (C=O) groups is 1. The first kappa shape index (κ1) is 20.1. The van der Waals surface area contributed by atoms with Crippen molar-refractivity contribution in [3.63, 3.8) is 0 Å². The Kier molecular flexibility index (Phi) is 6.16. The van der Waals surface area contributed by atoms with E-state index in [9.17, 15) is 10.1 Å². The molecule has 0 aliphatic heterocycles. The SMILES string of the molecule is CN(C)C[C@@]1(OC(=O)c2ccccc2)CCC[C@@](C#N)(c2ccccc2)CC1. The molecule has 1 saturated carbocycles. The summed E-state index contributed by atoms with van der Waals surface area (Å²) in [5.41, 5.74) is 0.533. The largest absolute Gasteiger partial charge is 0.454 e. The van der Waals surface area contributed by atoms with Crippen LogP contribution in [0.15, 0.2) is 60.7 Å². The van der Waals surface area contributed by atoms with Crippen LogP contribution < -0.4 is 0 Å². The van der Waals surface area contributed by atoms with Crippen molar-refractivity contribution in [2.45, 2.75) is 43.1 Å². The number of hydrogen-bond donors (Lipinski definition) is 0. The zero-order valence-electron chi connectivity index (χ0n) is 16.7. The number of esters is 1. The summed E-state index contributed by atoms with van der Waals surface area (Å²) in [7, 11) is 4.00. The predicted molar refractivity (Wildman–Crippen MR) is 110 cm³/mol. The molecule has 146 valence electrons. The molecular formula is C24H28N2O2. The number of benzene rings is 2. The second kappa shape index (κ2) is 8.58. The van der Waals surface area contributed by atoms with Gasteiger partial charge in [-0.15, -0.1) is 0 Å². The van der Waals surface area contributed by atoms with E-state index in [4.69, 9.17) is 4.74 Å². The highest BCUT2D eigenvalue weighted by Gasteiger charge is 2.43. The van der Waals surface area contributed by atoms with Gasteiger partial charge in [0.2, 0.25) is 0 Å². The molecule has 0 unspecified atom stereocenters. The van der Waals surface area contributed by atoms with Crippen molar-refractivity contribution in [1.29, 1.82) is 5.26 Å². The Hall–Kier alpha value is -2.64. The molecule has 3 rings (SSSR count). The summed E-state index contributed by atoms with van der Waals surface area (Å²) in [6, 6.07) is 21.8. The topological polar surface area (TPSA) is 53.3 Å². The molecule has 28 heavy (non-hydrogen) atoms. The highest BCUT2D eigenvalue weighted by Crippen LogP contribution is 2.42. The first-order chi connectivity index (χ1) is 13.5. The van der Waals surface area contributed by atoms with Gasteiger partial charge in [-0.1, -0.05) is 48.5 Å². The number of rotatable bonds is 5. The van der Waals surface area contributed by atoms with Gasteiger partial charge < -0.3 is 9.64 Å². The summed E-state index contributed by atoms with van der Waals surface area (Å²) >= 11 is 0. The molecule has 0 radical (unpaired) electrons. The summed E-state index contributed by atoms with van der Waals surface area (Å²) < 4.78 is 6.14. The van der Waals surface area contributed by atoms with Crippen molar-refractivity contribution in [3.05, 3.63) is 71.8 Å². The van der Waals surface area contributed by atoms with Gasteiger partial charge in [0, 0.05) is 6.54 Å². The predicted octanol–water partition coefficient (Wildman–Crippen LogP) is 4.57. The van der Waals surface area contributed by atoms with Gasteiger partial charge in [0.1, 0.15) is 5.60 Å². The van der Waals surface area contributed by atoms with Crippen LogP contribution in [-0.2, 0) is 10.2 Å². The molecule has 1 fully saturated rings. The number of nitriles is 1. The van der Waals surface area contributed by atoms with Crippen LogP contribution in [0.4, 0.5) is 0 Å². The van der Waals surface area contributed by atoms with Crippen LogP contribution in [0.2, 0.25) is 0 Å². The van der Waals surface area contributed by atoms with Crippen LogP contribution in [0.5, 0.6) is 0 Å². The molecule has 0 heterocycles. The Morgan fingerprint density at radius 2 is 1.64 bits per heavy atom. The van der Waals surface area contributed by atoms with E-state index in [0.717, 1.165) is 24.8 Å². The molecule has 0 spiro atoms. The fourth-order valence-corrected chi connectivity index (χ4v) is 4.32. The van der Waals surface area contributed by atoms with E-state index in [1.165, 1.54) is 0 Å². The maximum absolute atomic E-state index is 12.8. The average molecular weight is 377 g/mol. The first-order valence-electron chi connectivity index (χ1n) is 9.89. The van der Waals surface area contributed by atoms with E-state index in [-0.39, 0.29) is 5.97 Å². The van der Waals surface area contributed by atoms with Crippen molar-refractivity contribution in [2.75, 3.05) is 20.6 Å². The second-order valence-electron chi connectivity index (χ2n) is 8.09. The summed E-state index contributed by atoms with van der Waals surface area (Å²) in [5.74, 6) is -0.286. The van der Waals surface area contributed by atoms with Crippen LogP contribution in [0.25, 0.3) is 0 Å². The number of carbonyl (C=O) groups excluding carboxylic acids is 1. The molecule has 0 N–H and O–H groups in total.